The van der Waals surface area contributed by atoms with Crippen molar-refractivity contribution in [3.8, 4) is 6.07 Å². The van der Waals surface area contributed by atoms with Crippen molar-refractivity contribution in [2.45, 2.75) is 12.5 Å². The van der Waals surface area contributed by atoms with Gasteiger partial charge in [0.15, 0.2) is 0 Å². The van der Waals surface area contributed by atoms with Crippen LogP contribution in [0, 0.1) is 11.3 Å². The van der Waals surface area contributed by atoms with Gasteiger partial charge in [-0.1, -0.05) is 0 Å². The van der Waals surface area contributed by atoms with E-state index in [2.05, 4.69) is 15.9 Å². The van der Waals surface area contributed by atoms with Gasteiger partial charge in [-0.3, -0.25) is 0 Å². The normalized spacial score (nSPS) is 12.5. The summed E-state index contributed by atoms with van der Waals surface area (Å²) < 4.78 is 5.90. The molecule has 1 aromatic rings. The number of nitrogens with two attached hydrogens (primary N) is 1. The number of furan rings is 1. The van der Waals surface area contributed by atoms with Crippen molar-refractivity contribution in [2.75, 3.05) is 0 Å². The summed E-state index contributed by atoms with van der Waals surface area (Å²) in [5.74, 6) is 0.637. The van der Waals surface area contributed by atoms with Gasteiger partial charge >= 0.3 is 0 Å². The number of hydrogen-bond donors (Lipinski definition) is 1. The van der Waals surface area contributed by atoms with Crippen molar-refractivity contribution in [3.63, 3.8) is 0 Å². The van der Waals surface area contributed by atoms with Crippen LogP contribution in [-0.2, 0) is 0 Å². The Morgan fingerprint density at radius 2 is 2.55 bits per heavy atom. The Morgan fingerprint density at radius 3 is 3.00 bits per heavy atom. The lowest BCUT2D eigenvalue weighted by Crippen LogP contribution is -2.07. The first-order valence-electron chi connectivity index (χ1n) is 3.10. The zero-order valence-electron chi connectivity index (χ0n) is 5.75. The van der Waals surface area contributed by atoms with Gasteiger partial charge in [-0.05, 0) is 22.0 Å². The number of hydrogen-bond acceptors (Lipinski definition) is 3. The molecule has 0 aliphatic rings. The molecule has 0 radical (unpaired) electrons. The fourth-order valence-electron chi connectivity index (χ4n) is 0.722. The molecule has 1 heterocycles. The zero-order valence-corrected chi connectivity index (χ0v) is 7.34. The van der Waals surface area contributed by atoms with E-state index in [1.165, 1.54) is 0 Å². The van der Waals surface area contributed by atoms with E-state index < -0.39 is 0 Å². The van der Waals surface area contributed by atoms with Crippen LogP contribution in [-0.4, -0.2) is 0 Å². The number of nitrogens with zero attached hydrogens (tertiary/aromatic N) is 1. The first kappa shape index (κ1) is 8.31. The Balaban J connectivity index is 2.70. The van der Waals surface area contributed by atoms with E-state index in [4.69, 9.17) is 15.4 Å². The molecule has 0 aliphatic heterocycles. The molecule has 0 bridgehead atoms. The van der Waals surface area contributed by atoms with E-state index in [1.54, 1.807) is 12.3 Å². The van der Waals surface area contributed by atoms with E-state index in [1.807, 2.05) is 6.07 Å². The average molecular weight is 215 g/mol. The molecular weight excluding hydrogens is 208 g/mol. The minimum Gasteiger partial charge on any atom is -0.466 e. The van der Waals surface area contributed by atoms with Crippen LogP contribution in [0.25, 0.3) is 0 Å². The summed E-state index contributed by atoms with van der Waals surface area (Å²) >= 11 is 3.22. The SMILES string of the molecule is N#CCC(N)c1cc(Br)co1. The third-order valence-corrected chi connectivity index (χ3v) is 1.68. The van der Waals surface area contributed by atoms with Crippen molar-refractivity contribution in [1.29, 1.82) is 5.26 Å². The molecule has 11 heavy (non-hydrogen) atoms. The summed E-state index contributed by atoms with van der Waals surface area (Å²) in [6.07, 6.45) is 1.83. The fourth-order valence-corrected chi connectivity index (χ4v) is 1.04. The lowest BCUT2D eigenvalue weighted by Gasteiger charge is -2.00. The summed E-state index contributed by atoms with van der Waals surface area (Å²) in [6.45, 7) is 0. The number of halogens is 1. The highest BCUT2D eigenvalue weighted by Gasteiger charge is 2.08. The predicted octanol–water partition coefficient (Wildman–Crippen LogP) is 1.96. The monoisotopic (exact) mass is 214 g/mol. The molecule has 4 heteroatoms. The minimum atomic E-state index is -0.314. The molecule has 0 saturated carbocycles. The van der Waals surface area contributed by atoms with Crippen molar-refractivity contribution in [3.05, 3.63) is 22.6 Å². The van der Waals surface area contributed by atoms with Gasteiger partial charge in [-0.15, -0.1) is 0 Å². The molecule has 1 aromatic heterocycles. The Hall–Kier alpha value is -0.790. The molecule has 0 aliphatic carbocycles. The minimum absolute atomic E-state index is 0.278. The predicted molar refractivity (Wildman–Crippen MR) is 43.6 cm³/mol. The lowest BCUT2D eigenvalue weighted by atomic mass is 10.2. The molecule has 1 atom stereocenters. The number of nitriles is 1. The van der Waals surface area contributed by atoms with Crippen LogP contribution in [0.5, 0.6) is 0 Å². The molecule has 3 nitrogen and oxygen atoms in total. The van der Waals surface area contributed by atoms with Gasteiger partial charge in [-0.2, -0.15) is 5.26 Å². The Labute approximate surface area is 72.9 Å². The second-order valence-corrected chi connectivity index (χ2v) is 3.05. The van der Waals surface area contributed by atoms with E-state index in [0.717, 1.165) is 4.47 Å². The molecule has 2 N–H and O–H groups in total. The van der Waals surface area contributed by atoms with Crippen LogP contribution in [0.4, 0.5) is 0 Å². The molecule has 58 valence electrons. The van der Waals surface area contributed by atoms with Gasteiger partial charge in [0, 0.05) is 0 Å². The summed E-state index contributed by atoms with van der Waals surface area (Å²) in [4.78, 5) is 0. The highest BCUT2D eigenvalue weighted by molar-refractivity contribution is 9.10. The van der Waals surface area contributed by atoms with Gasteiger partial charge in [-0.25, -0.2) is 0 Å². The maximum absolute atomic E-state index is 8.32. The fraction of sp³-hybridized carbons (Fsp3) is 0.286. The quantitative estimate of drug-likeness (QED) is 0.819. The second-order valence-electron chi connectivity index (χ2n) is 2.14. The zero-order chi connectivity index (χ0) is 8.27. The van der Waals surface area contributed by atoms with Crippen LogP contribution in [0.2, 0.25) is 0 Å². The molecule has 0 saturated heterocycles. The van der Waals surface area contributed by atoms with Crippen LogP contribution in [0.1, 0.15) is 18.2 Å². The van der Waals surface area contributed by atoms with Crippen molar-refractivity contribution < 1.29 is 4.42 Å². The molecule has 0 fully saturated rings. The highest BCUT2D eigenvalue weighted by Crippen LogP contribution is 2.20. The maximum Gasteiger partial charge on any atom is 0.122 e. The van der Waals surface area contributed by atoms with Crippen LogP contribution in [0.3, 0.4) is 0 Å². The van der Waals surface area contributed by atoms with E-state index in [-0.39, 0.29) is 12.5 Å². The van der Waals surface area contributed by atoms with E-state index in [0.29, 0.717) is 5.76 Å². The Morgan fingerprint density at radius 1 is 1.82 bits per heavy atom. The van der Waals surface area contributed by atoms with Gasteiger partial charge < -0.3 is 10.2 Å². The number of rotatable bonds is 2. The smallest absolute Gasteiger partial charge is 0.122 e. The van der Waals surface area contributed by atoms with Crippen LogP contribution >= 0.6 is 15.9 Å². The molecule has 0 spiro atoms. The van der Waals surface area contributed by atoms with Gasteiger partial charge in [0.25, 0.3) is 0 Å². The molecule has 1 unspecified atom stereocenters. The Kier molecular flexibility index (Phi) is 2.69. The molecule has 0 aromatic carbocycles. The first-order chi connectivity index (χ1) is 5.24. The summed E-state index contributed by atoms with van der Waals surface area (Å²) in [5, 5.41) is 8.32. The van der Waals surface area contributed by atoms with Crippen molar-refractivity contribution in [2.24, 2.45) is 5.73 Å². The van der Waals surface area contributed by atoms with Crippen LogP contribution < -0.4 is 5.73 Å². The van der Waals surface area contributed by atoms with Crippen molar-refractivity contribution >= 4 is 15.9 Å². The van der Waals surface area contributed by atoms with Gasteiger partial charge in [0.1, 0.15) is 12.0 Å². The summed E-state index contributed by atoms with van der Waals surface area (Å²) in [5.41, 5.74) is 5.58. The topological polar surface area (TPSA) is 63.0 Å². The van der Waals surface area contributed by atoms with Crippen molar-refractivity contribution in [1.82, 2.24) is 0 Å². The molecule has 1 rings (SSSR count). The summed E-state index contributed by atoms with van der Waals surface area (Å²) in [6, 6.07) is 3.43. The molecule has 0 amide bonds. The average Bonchev–Trinajstić information content (AvgIpc) is 2.36. The molecular formula is C7H7BrN2O. The highest BCUT2D eigenvalue weighted by atomic mass is 79.9. The van der Waals surface area contributed by atoms with Gasteiger partial charge in [0.2, 0.25) is 0 Å². The van der Waals surface area contributed by atoms with Gasteiger partial charge in [0.05, 0.1) is 23.0 Å². The van der Waals surface area contributed by atoms with E-state index >= 15 is 0 Å². The largest absolute Gasteiger partial charge is 0.466 e. The first-order valence-corrected chi connectivity index (χ1v) is 3.90. The summed E-state index contributed by atoms with van der Waals surface area (Å²) in [7, 11) is 0. The standard InChI is InChI=1S/C7H7BrN2O/c8-5-3-7(11-4-5)6(10)1-2-9/h3-4,6H,1,10H2. The third-order valence-electron chi connectivity index (χ3n) is 1.26. The Bertz CT molecular complexity index is 276. The lowest BCUT2D eigenvalue weighted by molar-refractivity contribution is 0.468. The van der Waals surface area contributed by atoms with Crippen LogP contribution in [0.15, 0.2) is 21.2 Å². The second kappa shape index (κ2) is 3.56. The maximum atomic E-state index is 8.32. The van der Waals surface area contributed by atoms with E-state index in [9.17, 15) is 0 Å². The third kappa shape index (κ3) is 2.07.